The van der Waals surface area contributed by atoms with Gasteiger partial charge >= 0.3 is 6.09 Å². The molecule has 0 aliphatic carbocycles. The summed E-state index contributed by atoms with van der Waals surface area (Å²) in [5.41, 5.74) is 3.85. The van der Waals surface area contributed by atoms with Crippen LogP contribution >= 0.6 is 23.2 Å². The van der Waals surface area contributed by atoms with E-state index in [9.17, 15) is 4.79 Å². The fraction of sp³-hybridized carbons (Fsp3) is 0.462. The minimum Gasteiger partial charge on any atom is -0.414 e. The number of hydrogen-bond donors (Lipinski definition) is 1. The standard InChI is InChI=1S/C13H17Cl2NO3/c1-7(2)11(19-13(16)17)12(18-3)10-8(14)5-4-6-9(10)15/h4-7,11-12H,1-3H3,(H2,16,17)/p+1. The molecule has 19 heavy (non-hydrogen) atoms. The highest BCUT2D eigenvalue weighted by molar-refractivity contribution is 6.36. The van der Waals surface area contributed by atoms with Gasteiger partial charge in [-0.15, -0.1) is 0 Å². The fourth-order valence-electron chi connectivity index (χ4n) is 1.90. The van der Waals surface area contributed by atoms with Gasteiger partial charge in [-0.25, -0.2) is 0 Å². The monoisotopic (exact) mass is 306 g/mol. The summed E-state index contributed by atoms with van der Waals surface area (Å²) >= 11 is 12.3. The predicted molar refractivity (Wildman–Crippen MR) is 74.2 cm³/mol. The van der Waals surface area contributed by atoms with Gasteiger partial charge in [0.05, 0.1) is 0 Å². The number of quaternary nitrogens is 1. The lowest BCUT2D eigenvalue weighted by molar-refractivity contribution is -0.293. The van der Waals surface area contributed by atoms with Gasteiger partial charge in [-0.1, -0.05) is 43.1 Å². The zero-order valence-electron chi connectivity index (χ0n) is 11.2. The third-order valence-corrected chi connectivity index (χ3v) is 3.42. The van der Waals surface area contributed by atoms with E-state index in [2.05, 4.69) is 5.73 Å². The molecule has 2 unspecified atom stereocenters. The quantitative estimate of drug-likeness (QED) is 0.909. The van der Waals surface area contributed by atoms with Crippen molar-refractivity contribution >= 4 is 29.3 Å². The van der Waals surface area contributed by atoms with Gasteiger partial charge in [0.2, 0.25) is 0 Å². The van der Waals surface area contributed by atoms with Gasteiger partial charge < -0.3 is 9.47 Å². The van der Waals surface area contributed by atoms with Crippen molar-refractivity contribution in [3.8, 4) is 0 Å². The van der Waals surface area contributed by atoms with Crippen molar-refractivity contribution in [2.24, 2.45) is 5.92 Å². The maximum absolute atomic E-state index is 11.1. The molecule has 0 bridgehead atoms. The van der Waals surface area contributed by atoms with E-state index in [1.807, 2.05) is 13.8 Å². The van der Waals surface area contributed by atoms with Gasteiger partial charge in [0.25, 0.3) is 0 Å². The Labute approximate surface area is 122 Å². The van der Waals surface area contributed by atoms with E-state index in [1.165, 1.54) is 7.11 Å². The van der Waals surface area contributed by atoms with Crippen molar-refractivity contribution < 1.29 is 20.0 Å². The van der Waals surface area contributed by atoms with Crippen molar-refractivity contribution in [3.63, 3.8) is 0 Å². The van der Waals surface area contributed by atoms with Crippen LogP contribution in [0, 0.1) is 5.92 Å². The largest absolute Gasteiger partial charge is 0.511 e. The highest BCUT2D eigenvalue weighted by Crippen LogP contribution is 2.36. The summed E-state index contributed by atoms with van der Waals surface area (Å²) in [6.07, 6.45) is -1.65. The molecule has 0 radical (unpaired) electrons. The molecule has 1 aromatic rings. The Morgan fingerprint density at radius 1 is 1.26 bits per heavy atom. The van der Waals surface area contributed by atoms with Crippen LogP contribution in [0.4, 0.5) is 4.79 Å². The SMILES string of the molecule is COC(c1c(Cl)cccc1Cl)C(OC([NH3+])=O)C(C)C. The molecule has 4 nitrogen and oxygen atoms in total. The van der Waals surface area contributed by atoms with Gasteiger partial charge in [0, 0.05) is 22.7 Å². The smallest absolute Gasteiger partial charge is 0.414 e. The Balaban J connectivity index is 3.19. The summed E-state index contributed by atoms with van der Waals surface area (Å²) in [6, 6.07) is 5.19. The molecule has 0 fully saturated rings. The average molecular weight is 307 g/mol. The number of carbonyl (C=O) groups is 1. The first-order chi connectivity index (χ1) is 8.88. The third kappa shape index (κ3) is 4.08. The number of benzene rings is 1. The lowest BCUT2D eigenvalue weighted by atomic mass is 9.95. The number of hydrogen-bond acceptors (Lipinski definition) is 3. The number of carbonyl (C=O) groups excluding carboxylic acids is 1. The second-order valence-corrected chi connectivity index (χ2v) is 5.30. The number of ether oxygens (including phenoxy) is 2. The van der Waals surface area contributed by atoms with Crippen LogP contribution in [0.3, 0.4) is 0 Å². The first kappa shape index (κ1) is 16.2. The van der Waals surface area contributed by atoms with E-state index in [4.69, 9.17) is 32.7 Å². The van der Waals surface area contributed by atoms with Crippen molar-refractivity contribution in [2.75, 3.05) is 7.11 Å². The summed E-state index contributed by atoms with van der Waals surface area (Å²) < 4.78 is 10.7. The van der Waals surface area contributed by atoms with Crippen LogP contribution in [0.5, 0.6) is 0 Å². The molecule has 1 amide bonds. The molecule has 2 atom stereocenters. The Kier molecular flexibility index (Phi) is 6.07. The van der Waals surface area contributed by atoms with Crippen LogP contribution in [-0.4, -0.2) is 19.3 Å². The number of rotatable bonds is 5. The lowest BCUT2D eigenvalue weighted by Crippen LogP contribution is -2.59. The molecule has 0 spiro atoms. The normalized spacial score (nSPS) is 14.3. The molecule has 0 saturated heterocycles. The molecular formula is C13H18Cl2NO3+. The van der Waals surface area contributed by atoms with Crippen molar-refractivity contribution in [3.05, 3.63) is 33.8 Å². The van der Waals surface area contributed by atoms with Crippen LogP contribution in [0.1, 0.15) is 25.5 Å². The van der Waals surface area contributed by atoms with E-state index in [-0.39, 0.29) is 5.92 Å². The minimum absolute atomic E-state index is 0.0305. The van der Waals surface area contributed by atoms with Crippen molar-refractivity contribution in [1.82, 2.24) is 0 Å². The Morgan fingerprint density at radius 3 is 2.16 bits per heavy atom. The van der Waals surface area contributed by atoms with Gasteiger partial charge in [-0.3, -0.25) is 5.73 Å². The van der Waals surface area contributed by atoms with E-state index in [0.717, 1.165) is 0 Å². The first-order valence-electron chi connectivity index (χ1n) is 5.87. The first-order valence-corrected chi connectivity index (χ1v) is 6.63. The van der Waals surface area contributed by atoms with Gasteiger partial charge in [0.15, 0.2) is 0 Å². The summed E-state index contributed by atoms with van der Waals surface area (Å²) in [6.45, 7) is 3.84. The lowest BCUT2D eigenvalue weighted by Gasteiger charge is -2.28. The van der Waals surface area contributed by atoms with Gasteiger partial charge in [0.1, 0.15) is 12.2 Å². The van der Waals surface area contributed by atoms with Crippen LogP contribution in [0.25, 0.3) is 0 Å². The molecule has 106 valence electrons. The summed E-state index contributed by atoms with van der Waals surface area (Å²) in [5.74, 6) is 0.0305. The third-order valence-electron chi connectivity index (χ3n) is 2.76. The van der Waals surface area contributed by atoms with Crippen molar-refractivity contribution in [2.45, 2.75) is 26.1 Å². The van der Waals surface area contributed by atoms with E-state index in [0.29, 0.717) is 15.6 Å². The molecule has 6 heteroatoms. The Bertz CT molecular complexity index is 431. The molecule has 0 aromatic heterocycles. The molecule has 0 aliphatic rings. The minimum atomic E-state index is -0.607. The zero-order valence-corrected chi connectivity index (χ0v) is 12.7. The molecular weight excluding hydrogens is 289 g/mol. The average Bonchev–Trinajstić information content (AvgIpc) is 2.31. The van der Waals surface area contributed by atoms with E-state index < -0.39 is 18.3 Å². The number of amides is 1. The van der Waals surface area contributed by atoms with E-state index >= 15 is 0 Å². The number of halogens is 2. The molecule has 0 saturated carbocycles. The van der Waals surface area contributed by atoms with Crippen LogP contribution < -0.4 is 5.73 Å². The van der Waals surface area contributed by atoms with Gasteiger partial charge in [-0.2, -0.15) is 4.79 Å². The number of methoxy groups -OCH3 is 1. The molecule has 0 heterocycles. The van der Waals surface area contributed by atoms with Crippen LogP contribution in [0.15, 0.2) is 18.2 Å². The Morgan fingerprint density at radius 2 is 1.79 bits per heavy atom. The van der Waals surface area contributed by atoms with Gasteiger partial charge in [-0.05, 0) is 18.1 Å². The molecule has 3 N–H and O–H groups in total. The molecule has 1 aromatic carbocycles. The maximum atomic E-state index is 11.1. The maximum Gasteiger partial charge on any atom is 0.511 e. The predicted octanol–water partition coefficient (Wildman–Crippen LogP) is 3.08. The summed E-state index contributed by atoms with van der Waals surface area (Å²) in [4.78, 5) is 11.1. The topological polar surface area (TPSA) is 63.2 Å². The highest BCUT2D eigenvalue weighted by Gasteiger charge is 2.32. The highest BCUT2D eigenvalue weighted by atomic mass is 35.5. The molecule has 1 rings (SSSR count). The van der Waals surface area contributed by atoms with Crippen LogP contribution in [-0.2, 0) is 9.47 Å². The van der Waals surface area contributed by atoms with Crippen LogP contribution in [0.2, 0.25) is 10.0 Å². The summed E-state index contributed by atoms with van der Waals surface area (Å²) in [5, 5.41) is 0.954. The second kappa shape index (κ2) is 7.10. The fourth-order valence-corrected chi connectivity index (χ4v) is 2.51. The summed E-state index contributed by atoms with van der Waals surface area (Å²) in [7, 11) is 1.52. The zero-order chi connectivity index (χ0) is 14.6. The second-order valence-electron chi connectivity index (χ2n) is 4.49. The molecule has 0 aliphatic heterocycles. The van der Waals surface area contributed by atoms with E-state index in [1.54, 1.807) is 18.2 Å². The Hall–Kier alpha value is -0.810. The van der Waals surface area contributed by atoms with Crippen molar-refractivity contribution in [1.29, 1.82) is 0 Å².